The zero-order valence-corrected chi connectivity index (χ0v) is 18.4. The second-order valence-corrected chi connectivity index (χ2v) is 9.04. The smallest absolute Gasteiger partial charge is 0.277 e. The number of benzene rings is 4. The van der Waals surface area contributed by atoms with Crippen LogP contribution in [0.2, 0.25) is 0 Å². The number of nitro groups is 1. The molecule has 1 aliphatic carbocycles. The zero-order valence-electron chi connectivity index (χ0n) is 18.4. The van der Waals surface area contributed by atoms with Crippen LogP contribution >= 0.6 is 0 Å². The highest BCUT2D eigenvalue weighted by Gasteiger charge is 2.41. The molecule has 1 aromatic heterocycles. The summed E-state index contributed by atoms with van der Waals surface area (Å²) in [4.78, 5) is 11.6. The van der Waals surface area contributed by atoms with Crippen LogP contribution in [0.4, 0.5) is 5.69 Å². The van der Waals surface area contributed by atoms with Gasteiger partial charge in [-0.05, 0) is 29.3 Å². The lowest BCUT2D eigenvalue weighted by Crippen LogP contribution is -2.14. The van der Waals surface area contributed by atoms with E-state index in [4.69, 9.17) is 0 Å². The van der Waals surface area contributed by atoms with E-state index in [-0.39, 0.29) is 16.0 Å². The highest BCUT2D eigenvalue weighted by atomic mass is 16.6. The van der Waals surface area contributed by atoms with Crippen molar-refractivity contribution in [1.82, 2.24) is 4.57 Å². The molecule has 6 rings (SSSR count). The van der Waals surface area contributed by atoms with Crippen molar-refractivity contribution in [2.75, 3.05) is 0 Å². The molecule has 0 unspecified atom stereocenters. The van der Waals surface area contributed by atoms with Gasteiger partial charge in [-0.25, -0.2) is 0 Å². The van der Waals surface area contributed by atoms with Crippen LogP contribution < -0.4 is 0 Å². The lowest BCUT2D eigenvalue weighted by molar-refractivity contribution is -0.384. The van der Waals surface area contributed by atoms with E-state index >= 15 is 0 Å². The van der Waals surface area contributed by atoms with Crippen LogP contribution in [0.5, 0.6) is 0 Å². The van der Waals surface area contributed by atoms with Gasteiger partial charge in [-0.3, -0.25) is 10.1 Å². The van der Waals surface area contributed by atoms with E-state index < -0.39 is 0 Å². The van der Waals surface area contributed by atoms with Crippen LogP contribution in [0.25, 0.3) is 39.0 Å². The minimum Gasteiger partial charge on any atom is -0.308 e. The molecule has 4 heteroatoms. The first kappa shape index (κ1) is 19.5. The predicted molar refractivity (Wildman–Crippen MR) is 133 cm³/mol. The minimum absolute atomic E-state index is 0.116. The first-order valence-electron chi connectivity index (χ1n) is 11.1. The second-order valence-electron chi connectivity index (χ2n) is 9.04. The Morgan fingerprint density at radius 1 is 0.727 bits per heavy atom. The Labute approximate surface area is 191 Å². The van der Waals surface area contributed by atoms with Crippen LogP contribution in [-0.4, -0.2) is 9.49 Å². The van der Waals surface area contributed by atoms with E-state index in [1.807, 2.05) is 42.5 Å². The molecule has 33 heavy (non-hydrogen) atoms. The molecule has 4 nitrogen and oxygen atoms in total. The fourth-order valence-corrected chi connectivity index (χ4v) is 5.51. The van der Waals surface area contributed by atoms with Gasteiger partial charge in [-0.1, -0.05) is 86.6 Å². The van der Waals surface area contributed by atoms with Gasteiger partial charge in [0.05, 0.1) is 21.7 Å². The SMILES string of the molecule is CC1(C)c2ccccc2-c2c1c1cccc(-c3ccccc3[N+](=O)[O-])c1n2-c1ccccc1. The van der Waals surface area contributed by atoms with Crippen molar-refractivity contribution in [1.29, 1.82) is 0 Å². The minimum atomic E-state index is -0.295. The largest absolute Gasteiger partial charge is 0.308 e. The number of nitrogens with zero attached hydrogens (tertiary/aromatic N) is 2. The molecule has 0 saturated heterocycles. The maximum atomic E-state index is 11.9. The molecule has 0 radical (unpaired) electrons. The maximum absolute atomic E-state index is 11.9. The number of hydrogen-bond donors (Lipinski definition) is 0. The number of hydrogen-bond acceptors (Lipinski definition) is 2. The lowest BCUT2D eigenvalue weighted by atomic mass is 9.81. The molecule has 0 bridgehead atoms. The fraction of sp³-hybridized carbons (Fsp3) is 0.103. The van der Waals surface area contributed by atoms with Gasteiger partial charge in [0.15, 0.2) is 0 Å². The van der Waals surface area contributed by atoms with E-state index in [9.17, 15) is 10.1 Å². The van der Waals surface area contributed by atoms with Crippen molar-refractivity contribution < 1.29 is 4.92 Å². The van der Waals surface area contributed by atoms with Crippen molar-refractivity contribution in [3.05, 3.63) is 118 Å². The normalized spacial score (nSPS) is 13.6. The van der Waals surface area contributed by atoms with Crippen molar-refractivity contribution in [2.24, 2.45) is 0 Å². The van der Waals surface area contributed by atoms with Crippen molar-refractivity contribution in [2.45, 2.75) is 19.3 Å². The number of fused-ring (bicyclic) bond motifs is 5. The highest BCUT2D eigenvalue weighted by Crippen LogP contribution is 2.54. The summed E-state index contributed by atoms with van der Waals surface area (Å²) in [5.74, 6) is 0. The Kier molecular flexibility index (Phi) is 4.08. The van der Waals surface area contributed by atoms with Gasteiger partial charge in [0, 0.05) is 33.7 Å². The van der Waals surface area contributed by atoms with E-state index in [0.717, 1.165) is 22.2 Å². The van der Waals surface area contributed by atoms with E-state index in [1.165, 1.54) is 22.4 Å². The summed E-state index contributed by atoms with van der Waals surface area (Å²) < 4.78 is 2.30. The first-order chi connectivity index (χ1) is 16.0. The van der Waals surface area contributed by atoms with Gasteiger partial charge < -0.3 is 4.57 Å². The average molecular weight is 431 g/mol. The van der Waals surface area contributed by atoms with Crippen molar-refractivity contribution in [3.63, 3.8) is 0 Å². The molecule has 5 aromatic rings. The molecule has 160 valence electrons. The summed E-state index contributed by atoms with van der Waals surface area (Å²) in [6, 6.07) is 32.0. The molecular formula is C29H22N2O2. The topological polar surface area (TPSA) is 48.1 Å². The molecule has 0 fully saturated rings. The second kappa shape index (κ2) is 6.91. The lowest BCUT2D eigenvalue weighted by Gasteiger charge is -2.21. The standard InChI is InChI=1S/C29H22N2O2/c1-29(2)24-17-8-6-14-22(24)28-26(29)23-16-10-15-21(20-13-7-9-18-25(20)31(32)33)27(23)30(28)19-11-4-3-5-12-19/h3-18H,1-2H3. The molecule has 0 atom stereocenters. The maximum Gasteiger partial charge on any atom is 0.277 e. The summed E-state index contributed by atoms with van der Waals surface area (Å²) in [6.07, 6.45) is 0. The molecule has 1 heterocycles. The zero-order chi connectivity index (χ0) is 22.7. The van der Waals surface area contributed by atoms with E-state index in [1.54, 1.807) is 12.1 Å². The number of nitro benzene ring substituents is 1. The van der Waals surface area contributed by atoms with Gasteiger partial charge >= 0.3 is 0 Å². The number of rotatable bonds is 3. The first-order valence-corrected chi connectivity index (χ1v) is 11.1. The van der Waals surface area contributed by atoms with Crippen molar-refractivity contribution >= 4 is 16.6 Å². The summed E-state index contributed by atoms with van der Waals surface area (Å²) in [6.45, 7) is 4.54. The van der Waals surface area contributed by atoms with Crippen LogP contribution in [-0.2, 0) is 5.41 Å². The summed E-state index contributed by atoms with van der Waals surface area (Å²) in [7, 11) is 0. The Bertz CT molecular complexity index is 1560. The van der Waals surface area contributed by atoms with Gasteiger partial charge in [-0.2, -0.15) is 0 Å². The summed E-state index contributed by atoms with van der Waals surface area (Å²) >= 11 is 0. The molecule has 0 N–H and O–H groups in total. The van der Waals surface area contributed by atoms with Gasteiger partial charge in [0.2, 0.25) is 0 Å². The Morgan fingerprint density at radius 2 is 1.36 bits per heavy atom. The Balaban J connectivity index is 1.83. The summed E-state index contributed by atoms with van der Waals surface area (Å²) in [5, 5.41) is 13.0. The predicted octanol–water partition coefficient (Wildman–Crippen LogP) is 7.51. The number of aromatic nitrogens is 1. The number of para-hydroxylation sites is 3. The van der Waals surface area contributed by atoms with Crippen molar-refractivity contribution in [3.8, 4) is 28.1 Å². The third-order valence-corrected chi connectivity index (χ3v) is 6.88. The molecule has 0 amide bonds. The van der Waals surface area contributed by atoms with Crippen LogP contribution in [0.1, 0.15) is 25.0 Å². The van der Waals surface area contributed by atoms with E-state index in [2.05, 4.69) is 60.9 Å². The van der Waals surface area contributed by atoms with E-state index in [0.29, 0.717) is 5.56 Å². The third kappa shape index (κ3) is 2.64. The van der Waals surface area contributed by atoms with Gasteiger partial charge in [0.1, 0.15) is 0 Å². The highest BCUT2D eigenvalue weighted by molar-refractivity contribution is 6.06. The van der Waals surface area contributed by atoms with Gasteiger partial charge in [-0.15, -0.1) is 0 Å². The van der Waals surface area contributed by atoms with Crippen LogP contribution in [0.3, 0.4) is 0 Å². The molecule has 0 saturated carbocycles. The summed E-state index contributed by atoms with van der Waals surface area (Å²) in [5.41, 5.74) is 8.43. The Morgan fingerprint density at radius 3 is 2.12 bits per heavy atom. The average Bonchev–Trinajstić information content (AvgIpc) is 3.31. The molecule has 0 aliphatic heterocycles. The Hall–Kier alpha value is -4.18. The molecular weight excluding hydrogens is 408 g/mol. The quantitative estimate of drug-likeness (QED) is 0.220. The molecule has 4 aromatic carbocycles. The fourth-order valence-electron chi connectivity index (χ4n) is 5.51. The molecule has 1 aliphatic rings. The van der Waals surface area contributed by atoms with Gasteiger partial charge in [0.25, 0.3) is 5.69 Å². The van der Waals surface area contributed by atoms with Crippen LogP contribution in [0.15, 0.2) is 97.1 Å². The monoisotopic (exact) mass is 430 g/mol. The van der Waals surface area contributed by atoms with Crippen LogP contribution in [0, 0.1) is 10.1 Å². The molecule has 0 spiro atoms. The third-order valence-electron chi connectivity index (χ3n) is 6.88.